The average Bonchev–Trinajstić information content (AvgIpc) is 2.82. The Morgan fingerprint density at radius 2 is 2.00 bits per heavy atom. The van der Waals surface area contributed by atoms with E-state index in [4.69, 9.17) is 4.74 Å². The van der Waals surface area contributed by atoms with Gasteiger partial charge in [-0.1, -0.05) is 42.5 Å². The Morgan fingerprint density at radius 1 is 1.19 bits per heavy atom. The van der Waals surface area contributed by atoms with E-state index in [1.165, 1.54) is 6.42 Å². The van der Waals surface area contributed by atoms with Crippen molar-refractivity contribution in [3.8, 4) is 0 Å². The summed E-state index contributed by atoms with van der Waals surface area (Å²) in [4.78, 5) is 20.3. The van der Waals surface area contributed by atoms with Gasteiger partial charge in [0.15, 0.2) is 0 Å². The Balaban J connectivity index is 1.55. The molecule has 3 fully saturated rings. The average molecular weight is 413 g/mol. The fourth-order valence-electron chi connectivity index (χ4n) is 5.39. The topological polar surface area (TPSA) is 42.4 Å². The molecule has 0 spiro atoms. The Morgan fingerprint density at radius 3 is 2.77 bits per heavy atom. The van der Waals surface area contributed by atoms with Crippen LogP contribution in [-0.4, -0.2) is 35.0 Å². The van der Waals surface area contributed by atoms with Crippen LogP contribution in [0.3, 0.4) is 0 Å². The second-order valence-corrected chi connectivity index (χ2v) is 8.80. The van der Waals surface area contributed by atoms with Gasteiger partial charge in [0.25, 0.3) is 0 Å². The third kappa shape index (κ3) is 3.66. The lowest BCUT2D eigenvalue weighted by atomic mass is 9.73. The van der Waals surface area contributed by atoms with Gasteiger partial charge >= 0.3 is 5.97 Å². The molecule has 2 bridgehead atoms. The van der Waals surface area contributed by atoms with E-state index in [2.05, 4.69) is 28.6 Å². The van der Waals surface area contributed by atoms with Gasteiger partial charge in [0.05, 0.1) is 17.1 Å². The normalized spacial score (nSPS) is 25.8. The quantitative estimate of drug-likeness (QED) is 0.419. The summed E-state index contributed by atoms with van der Waals surface area (Å²) >= 11 is 0. The molecule has 0 amide bonds. The second kappa shape index (κ2) is 8.27. The number of fused-ring (bicyclic) bond motifs is 4. The highest BCUT2D eigenvalue weighted by atomic mass is 16.5. The molecular formula is C27H28N2O2. The summed E-state index contributed by atoms with van der Waals surface area (Å²) in [6.07, 6.45) is 5.79. The Hall–Kier alpha value is -2.98. The summed E-state index contributed by atoms with van der Waals surface area (Å²) in [5.41, 5.74) is 3.53. The van der Waals surface area contributed by atoms with Gasteiger partial charge in [-0.15, -0.1) is 6.58 Å². The van der Waals surface area contributed by atoms with Crippen LogP contribution in [0.4, 0.5) is 0 Å². The Kier molecular flexibility index (Phi) is 5.33. The van der Waals surface area contributed by atoms with Crippen LogP contribution < -0.4 is 0 Å². The minimum atomic E-state index is -0.339. The van der Waals surface area contributed by atoms with Crippen molar-refractivity contribution in [3.05, 3.63) is 90.1 Å². The number of esters is 1. The van der Waals surface area contributed by atoms with Gasteiger partial charge in [0.2, 0.25) is 0 Å². The number of carbonyl (C=O) groups is 1. The van der Waals surface area contributed by atoms with Crippen molar-refractivity contribution >= 4 is 16.9 Å². The van der Waals surface area contributed by atoms with Gasteiger partial charge < -0.3 is 4.74 Å². The first kappa shape index (κ1) is 20.0. The van der Waals surface area contributed by atoms with E-state index in [0.29, 0.717) is 17.4 Å². The van der Waals surface area contributed by atoms with Gasteiger partial charge in [-0.3, -0.25) is 9.88 Å². The molecule has 2 aromatic carbocycles. The van der Waals surface area contributed by atoms with Crippen LogP contribution in [0.1, 0.15) is 40.4 Å². The number of pyridine rings is 1. The Bertz CT molecular complexity index is 1120. The van der Waals surface area contributed by atoms with E-state index in [-0.39, 0.29) is 18.1 Å². The van der Waals surface area contributed by atoms with Crippen LogP contribution in [-0.2, 0) is 4.74 Å². The van der Waals surface area contributed by atoms with E-state index in [9.17, 15) is 4.79 Å². The first-order valence-corrected chi connectivity index (χ1v) is 11.1. The van der Waals surface area contributed by atoms with Crippen LogP contribution in [0.2, 0.25) is 0 Å². The Labute approximate surface area is 183 Å². The third-order valence-electron chi connectivity index (χ3n) is 7.09. The van der Waals surface area contributed by atoms with E-state index >= 15 is 0 Å². The second-order valence-electron chi connectivity index (χ2n) is 8.80. The summed E-state index contributed by atoms with van der Waals surface area (Å²) in [5, 5.41) is 1.05. The van der Waals surface area contributed by atoms with E-state index in [1.54, 1.807) is 0 Å². The first-order valence-electron chi connectivity index (χ1n) is 11.1. The van der Waals surface area contributed by atoms with Gasteiger partial charge in [-0.05, 0) is 61.9 Å². The fourth-order valence-corrected chi connectivity index (χ4v) is 5.39. The number of benzene rings is 2. The molecule has 0 radical (unpaired) electrons. The number of hydrogen-bond donors (Lipinski definition) is 0. The van der Waals surface area contributed by atoms with Crippen LogP contribution in [0.5, 0.6) is 0 Å². The zero-order valence-electron chi connectivity index (χ0n) is 17.9. The highest BCUT2D eigenvalue weighted by Gasteiger charge is 2.44. The summed E-state index contributed by atoms with van der Waals surface area (Å²) in [7, 11) is 0. The molecule has 6 rings (SSSR count). The van der Waals surface area contributed by atoms with Crippen molar-refractivity contribution in [1.82, 2.24) is 9.88 Å². The molecule has 3 aliphatic heterocycles. The minimum absolute atomic E-state index is 0.161. The lowest BCUT2D eigenvalue weighted by Gasteiger charge is -2.51. The standard InChI is InChI=1S/C27H28N2O2/c1-3-19-17-29-15-13-20(19)16-25(29)26(31-27(30)21-9-5-4-8-18(21)2)23-12-14-28-24-11-7-6-10-22(23)24/h3-12,14,19-20,25-26H,1,13,15-17H2,2H3. The van der Waals surface area contributed by atoms with Crippen molar-refractivity contribution < 1.29 is 9.53 Å². The minimum Gasteiger partial charge on any atom is -0.452 e. The highest BCUT2D eigenvalue weighted by molar-refractivity contribution is 5.91. The molecular weight excluding hydrogens is 384 g/mol. The molecule has 3 saturated heterocycles. The number of carbonyl (C=O) groups excluding carboxylic acids is 1. The molecule has 4 heterocycles. The third-order valence-corrected chi connectivity index (χ3v) is 7.09. The van der Waals surface area contributed by atoms with Crippen molar-refractivity contribution in [2.45, 2.75) is 31.9 Å². The SMILES string of the molecule is C=CC1CN2CCC1CC2C(OC(=O)c1ccccc1C)c1ccnc2ccccc12. The van der Waals surface area contributed by atoms with Gasteiger partial charge in [-0.2, -0.15) is 0 Å². The fraction of sp³-hybridized carbons (Fsp3) is 0.333. The van der Waals surface area contributed by atoms with Crippen LogP contribution >= 0.6 is 0 Å². The number of piperidine rings is 3. The predicted octanol–water partition coefficient (Wildman–Crippen LogP) is 5.34. The van der Waals surface area contributed by atoms with Crippen LogP contribution in [0.15, 0.2) is 73.4 Å². The lowest BCUT2D eigenvalue weighted by molar-refractivity contribution is -0.0568. The molecule has 4 nitrogen and oxygen atoms in total. The maximum absolute atomic E-state index is 13.3. The molecule has 3 aliphatic rings. The molecule has 3 aromatic rings. The number of para-hydroxylation sites is 1. The molecule has 0 aliphatic carbocycles. The smallest absolute Gasteiger partial charge is 0.339 e. The van der Waals surface area contributed by atoms with E-state index in [0.717, 1.165) is 41.5 Å². The lowest BCUT2D eigenvalue weighted by Crippen LogP contribution is -2.55. The number of ether oxygens (including phenoxy) is 1. The monoisotopic (exact) mass is 412 g/mol. The number of nitrogens with zero attached hydrogens (tertiary/aromatic N) is 2. The number of aromatic nitrogens is 1. The molecule has 5 atom stereocenters. The van der Waals surface area contributed by atoms with Gasteiger partial charge in [0.1, 0.15) is 6.10 Å². The zero-order chi connectivity index (χ0) is 21.4. The zero-order valence-corrected chi connectivity index (χ0v) is 17.9. The molecule has 0 N–H and O–H groups in total. The number of hydrogen-bond acceptors (Lipinski definition) is 4. The van der Waals surface area contributed by atoms with Crippen molar-refractivity contribution in [3.63, 3.8) is 0 Å². The van der Waals surface area contributed by atoms with E-state index in [1.807, 2.05) is 61.7 Å². The molecule has 31 heavy (non-hydrogen) atoms. The largest absolute Gasteiger partial charge is 0.452 e. The molecule has 158 valence electrons. The van der Waals surface area contributed by atoms with Crippen molar-refractivity contribution in [2.75, 3.05) is 13.1 Å². The molecule has 1 aromatic heterocycles. The first-order chi connectivity index (χ1) is 15.2. The molecule has 4 heteroatoms. The molecule has 0 saturated carbocycles. The number of rotatable bonds is 5. The maximum Gasteiger partial charge on any atom is 0.339 e. The van der Waals surface area contributed by atoms with Crippen molar-refractivity contribution in [1.29, 1.82) is 0 Å². The molecule has 5 unspecified atom stereocenters. The maximum atomic E-state index is 13.3. The highest BCUT2D eigenvalue weighted by Crippen LogP contribution is 2.43. The predicted molar refractivity (Wildman–Crippen MR) is 123 cm³/mol. The van der Waals surface area contributed by atoms with E-state index < -0.39 is 0 Å². The number of aryl methyl sites for hydroxylation is 1. The van der Waals surface area contributed by atoms with Crippen molar-refractivity contribution in [2.24, 2.45) is 11.8 Å². The summed E-state index contributed by atoms with van der Waals surface area (Å²) in [6.45, 7) is 8.03. The van der Waals surface area contributed by atoms with Gasteiger partial charge in [-0.25, -0.2) is 4.79 Å². The van der Waals surface area contributed by atoms with Crippen LogP contribution in [0.25, 0.3) is 10.9 Å². The van der Waals surface area contributed by atoms with Gasteiger partial charge in [0, 0.05) is 23.7 Å². The van der Waals surface area contributed by atoms with Crippen LogP contribution in [0, 0.1) is 18.8 Å². The summed E-state index contributed by atoms with van der Waals surface area (Å²) in [5.74, 6) is 0.860. The summed E-state index contributed by atoms with van der Waals surface area (Å²) in [6, 6.07) is 17.9. The summed E-state index contributed by atoms with van der Waals surface area (Å²) < 4.78 is 6.34.